The molecule has 0 bridgehead atoms. The Bertz CT molecular complexity index is 863. The zero-order valence-electron chi connectivity index (χ0n) is 18.2. The van der Waals surface area contributed by atoms with Crippen LogP contribution in [-0.2, 0) is 16.0 Å². The van der Waals surface area contributed by atoms with Crippen LogP contribution in [0.3, 0.4) is 0 Å². The number of carboxylic acid groups (broad SMARTS) is 1. The molecule has 1 amide bonds. The van der Waals surface area contributed by atoms with Crippen LogP contribution in [0.1, 0.15) is 43.7 Å². The number of carbonyl (C=O) groups excluding carboxylic acids is 1. The van der Waals surface area contributed by atoms with Gasteiger partial charge in [-0.3, -0.25) is 4.79 Å². The molecule has 6 nitrogen and oxygen atoms in total. The number of rotatable bonds is 13. The van der Waals surface area contributed by atoms with Crippen molar-refractivity contribution in [3.05, 3.63) is 65.7 Å². The topological polar surface area (TPSA) is 84.9 Å². The van der Waals surface area contributed by atoms with Crippen molar-refractivity contribution < 1.29 is 24.2 Å². The average molecular weight is 426 g/mol. The van der Waals surface area contributed by atoms with Gasteiger partial charge in [-0.1, -0.05) is 62.6 Å². The number of carboxylic acids is 1. The second-order valence-corrected chi connectivity index (χ2v) is 7.24. The van der Waals surface area contributed by atoms with Crippen LogP contribution in [0.2, 0.25) is 0 Å². The molecule has 0 saturated heterocycles. The van der Waals surface area contributed by atoms with Gasteiger partial charge in [0, 0.05) is 12.5 Å². The van der Waals surface area contributed by atoms with Crippen LogP contribution >= 0.6 is 0 Å². The Morgan fingerprint density at radius 1 is 1.06 bits per heavy atom. The zero-order valence-corrected chi connectivity index (χ0v) is 18.2. The molecule has 0 aromatic heterocycles. The van der Waals surface area contributed by atoms with Crippen molar-refractivity contribution in [3.63, 3.8) is 0 Å². The summed E-state index contributed by atoms with van der Waals surface area (Å²) < 4.78 is 11.2. The van der Waals surface area contributed by atoms with Gasteiger partial charge in [0.05, 0.1) is 13.7 Å². The first-order valence-electron chi connectivity index (χ1n) is 10.6. The monoisotopic (exact) mass is 425 g/mol. The van der Waals surface area contributed by atoms with E-state index in [0.717, 1.165) is 24.0 Å². The Morgan fingerprint density at radius 3 is 2.52 bits per heavy atom. The number of methoxy groups -OCH3 is 1. The third-order valence-corrected chi connectivity index (χ3v) is 4.77. The molecule has 6 heteroatoms. The molecule has 166 valence electrons. The lowest BCUT2D eigenvalue weighted by atomic mass is 10.1. The number of benzene rings is 2. The Morgan fingerprint density at radius 2 is 1.84 bits per heavy atom. The predicted molar refractivity (Wildman–Crippen MR) is 121 cm³/mol. The van der Waals surface area contributed by atoms with E-state index < -0.39 is 17.9 Å². The Balaban J connectivity index is 1.94. The first kappa shape index (κ1) is 24.0. The van der Waals surface area contributed by atoms with E-state index in [1.165, 1.54) is 18.9 Å². The van der Waals surface area contributed by atoms with Crippen molar-refractivity contribution in [3.8, 4) is 11.5 Å². The van der Waals surface area contributed by atoms with E-state index in [-0.39, 0.29) is 6.42 Å². The molecule has 1 unspecified atom stereocenters. The third-order valence-electron chi connectivity index (χ3n) is 4.77. The predicted octanol–water partition coefficient (Wildman–Crippen LogP) is 4.48. The van der Waals surface area contributed by atoms with Crippen LogP contribution in [0.5, 0.6) is 11.5 Å². The molecule has 0 aliphatic heterocycles. The van der Waals surface area contributed by atoms with Crippen molar-refractivity contribution >= 4 is 18.0 Å². The highest BCUT2D eigenvalue weighted by Gasteiger charge is 2.19. The zero-order chi connectivity index (χ0) is 22.5. The number of hydrogen-bond donors (Lipinski definition) is 2. The first-order chi connectivity index (χ1) is 15.0. The van der Waals surface area contributed by atoms with Gasteiger partial charge in [-0.25, -0.2) is 4.79 Å². The van der Waals surface area contributed by atoms with Gasteiger partial charge in [0.25, 0.3) is 0 Å². The number of unbranched alkanes of at least 4 members (excludes halogenated alkanes) is 3. The number of amides is 1. The maximum Gasteiger partial charge on any atom is 0.326 e. The summed E-state index contributed by atoms with van der Waals surface area (Å²) in [6.07, 6.45) is 7.65. The molecule has 31 heavy (non-hydrogen) atoms. The second-order valence-electron chi connectivity index (χ2n) is 7.24. The highest BCUT2D eigenvalue weighted by atomic mass is 16.5. The summed E-state index contributed by atoms with van der Waals surface area (Å²) in [5.74, 6) is -0.300. The molecular weight excluding hydrogens is 394 g/mol. The first-order valence-corrected chi connectivity index (χ1v) is 10.6. The van der Waals surface area contributed by atoms with Crippen LogP contribution in [0.4, 0.5) is 0 Å². The summed E-state index contributed by atoms with van der Waals surface area (Å²) in [6.45, 7) is 2.80. The van der Waals surface area contributed by atoms with E-state index >= 15 is 0 Å². The number of hydrogen-bond acceptors (Lipinski definition) is 4. The quantitative estimate of drug-likeness (QED) is 0.365. The van der Waals surface area contributed by atoms with Gasteiger partial charge in [0.1, 0.15) is 6.04 Å². The molecule has 2 aromatic rings. The summed E-state index contributed by atoms with van der Waals surface area (Å²) in [6, 6.07) is 13.6. The number of nitrogens with one attached hydrogen (secondary N) is 1. The Hall–Kier alpha value is -3.28. The fraction of sp³-hybridized carbons (Fsp3) is 0.360. The average Bonchev–Trinajstić information content (AvgIpc) is 2.78. The van der Waals surface area contributed by atoms with Gasteiger partial charge in [-0.05, 0) is 35.8 Å². The smallest absolute Gasteiger partial charge is 0.326 e. The standard InChI is InChI=1S/C25H31NO5/c1-3-4-5-9-16-31-22-14-12-20(18-23(22)30-2)13-15-24(27)26-21(25(28)29)17-19-10-7-6-8-11-19/h6-8,10-15,18,21H,3-5,9,16-17H2,1-2H3,(H,26,27)(H,28,29)/b15-13+. The minimum absolute atomic E-state index is 0.216. The minimum atomic E-state index is -1.08. The van der Waals surface area contributed by atoms with Crippen molar-refractivity contribution in [2.24, 2.45) is 0 Å². The molecule has 1 atom stereocenters. The summed E-state index contributed by atoms with van der Waals surface area (Å²) in [4.78, 5) is 23.8. The molecule has 2 rings (SSSR count). The lowest BCUT2D eigenvalue weighted by Crippen LogP contribution is -2.41. The highest BCUT2D eigenvalue weighted by molar-refractivity contribution is 5.94. The normalized spacial score (nSPS) is 11.8. The van der Waals surface area contributed by atoms with Crippen LogP contribution in [0.15, 0.2) is 54.6 Å². The largest absolute Gasteiger partial charge is 0.493 e. The van der Waals surface area contributed by atoms with E-state index in [0.29, 0.717) is 18.1 Å². The third kappa shape index (κ3) is 8.54. The lowest BCUT2D eigenvalue weighted by Gasteiger charge is -2.13. The summed E-state index contributed by atoms with van der Waals surface area (Å²) in [7, 11) is 1.57. The maximum atomic E-state index is 12.3. The minimum Gasteiger partial charge on any atom is -0.493 e. The van der Waals surface area contributed by atoms with E-state index in [1.807, 2.05) is 42.5 Å². The molecule has 2 aromatic carbocycles. The molecule has 0 radical (unpaired) electrons. The molecule has 0 aliphatic carbocycles. The van der Waals surface area contributed by atoms with Gasteiger partial charge in [-0.2, -0.15) is 0 Å². The molecule has 0 fully saturated rings. The fourth-order valence-corrected chi connectivity index (χ4v) is 3.06. The van der Waals surface area contributed by atoms with Crippen LogP contribution < -0.4 is 14.8 Å². The summed E-state index contributed by atoms with van der Waals surface area (Å²) in [5, 5.41) is 12.0. The maximum absolute atomic E-state index is 12.3. The fourth-order valence-electron chi connectivity index (χ4n) is 3.06. The van der Waals surface area contributed by atoms with E-state index in [1.54, 1.807) is 19.3 Å². The van der Waals surface area contributed by atoms with Crippen molar-refractivity contribution in [2.45, 2.75) is 45.1 Å². The van der Waals surface area contributed by atoms with E-state index in [2.05, 4.69) is 12.2 Å². The highest BCUT2D eigenvalue weighted by Crippen LogP contribution is 2.28. The molecule has 2 N–H and O–H groups in total. The van der Waals surface area contributed by atoms with E-state index in [4.69, 9.17) is 9.47 Å². The molecule has 0 heterocycles. The second kappa shape index (κ2) is 13.1. The molecule has 0 saturated carbocycles. The van der Waals surface area contributed by atoms with Crippen LogP contribution in [0.25, 0.3) is 6.08 Å². The van der Waals surface area contributed by atoms with Gasteiger partial charge in [0.15, 0.2) is 11.5 Å². The summed E-state index contributed by atoms with van der Waals surface area (Å²) >= 11 is 0. The van der Waals surface area contributed by atoms with Gasteiger partial charge in [0.2, 0.25) is 5.91 Å². The molecular formula is C25H31NO5. The Labute approximate surface area is 183 Å². The van der Waals surface area contributed by atoms with Crippen LogP contribution in [-0.4, -0.2) is 36.7 Å². The number of carbonyl (C=O) groups is 2. The van der Waals surface area contributed by atoms with Crippen molar-refractivity contribution in [1.29, 1.82) is 0 Å². The molecule has 0 aliphatic rings. The number of aliphatic carboxylic acids is 1. The lowest BCUT2D eigenvalue weighted by molar-refractivity contribution is -0.141. The Kier molecular flexibility index (Phi) is 10.1. The van der Waals surface area contributed by atoms with Crippen molar-refractivity contribution in [2.75, 3.05) is 13.7 Å². The number of ether oxygens (including phenoxy) is 2. The SMILES string of the molecule is CCCCCCOc1ccc(/C=C/C(=O)NC(Cc2ccccc2)C(=O)O)cc1OC. The molecule has 0 spiro atoms. The van der Waals surface area contributed by atoms with E-state index in [9.17, 15) is 14.7 Å². The van der Waals surface area contributed by atoms with Crippen molar-refractivity contribution in [1.82, 2.24) is 5.32 Å². The van der Waals surface area contributed by atoms with Crippen LogP contribution in [0, 0.1) is 0 Å². The summed E-state index contributed by atoms with van der Waals surface area (Å²) in [5.41, 5.74) is 1.59. The van der Waals surface area contributed by atoms with Gasteiger partial charge >= 0.3 is 5.97 Å². The van der Waals surface area contributed by atoms with Gasteiger partial charge in [-0.15, -0.1) is 0 Å². The van der Waals surface area contributed by atoms with Gasteiger partial charge < -0.3 is 19.9 Å².